The topological polar surface area (TPSA) is 82.4 Å². The number of fused-ring (bicyclic) bond motifs is 2. The molecule has 1 aliphatic heterocycles. The molecular formula is C23H23N3O3. The maximum absolute atomic E-state index is 12.2. The Balaban J connectivity index is 1.38. The van der Waals surface area contributed by atoms with Gasteiger partial charge in [0, 0.05) is 41.7 Å². The minimum Gasteiger partial charge on any atom is -0.480 e. The zero-order valence-corrected chi connectivity index (χ0v) is 16.3. The van der Waals surface area contributed by atoms with E-state index in [1.807, 2.05) is 49.5 Å². The van der Waals surface area contributed by atoms with Crippen molar-refractivity contribution in [2.75, 3.05) is 13.1 Å². The van der Waals surface area contributed by atoms with E-state index in [1.54, 1.807) is 0 Å². The summed E-state index contributed by atoms with van der Waals surface area (Å²) in [4.78, 5) is 22.1. The summed E-state index contributed by atoms with van der Waals surface area (Å²) in [7, 11) is 0. The van der Waals surface area contributed by atoms with Crippen LogP contribution in [0.25, 0.3) is 22.0 Å². The number of likely N-dealkylation sites (tertiary alicyclic amines) is 1. The molecular weight excluding hydrogens is 366 g/mol. The van der Waals surface area contributed by atoms with Gasteiger partial charge in [0.25, 0.3) is 0 Å². The molecule has 1 atom stereocenters. The summed E-state index contributed by atoms with van der Waals surface area (Å²) in [5, 5.41) is 11.0. The van der Waals surface area contributed by atoms with Crippen molar-refractivity contribution in [1.29, 1.82) is 0 Å². The lowest BCUT2D eigenvalue weighted by Gasteiger charge is -2.34. The number of nitrogens with one attached hydrogen (secondary N) is 1. The molecule has 1 saturated heterocycles. The van der Waals surface area contributed by atoms with Crippen LogP contribution in [-0.4, -0.2) is 39.0 Å². The van der Waals surface area contributed by atoms with Crippen molar-refractivity contribution in [3.8, 4) is 0 Å². The minimum atomic E-state index is -0.812. The van der Waals surface area contributed by atoms with E-state index in [0.717, 1.165) is 51.9 Å². The number of aryl methyl sites for hydroxylation is 1. The van der Waals surface area contributed by atoms with Gasteiger partial charge in [0.1, 0.15) is 11.6 Å². The SMILES string of the molecule is Cc1ccc2[nH]cc(C(C(=O)O)N3CCC(c4nc5ccccc5o4)CC3)c2c1. The number of aliphatic carboxylic acids is 1. The highest BCUT2D eigenvalue weighted by molar-refractivity contribution is 5.89. The normalized spacial score (nSPS) is 17.1. The van der Waals surface area contributed by atoms with Gasteiger partial charge in [0.05, 0.1) is 0 Å². The van der Waals surface area contributed by atoms with E-state index < -0.39 is 12.0 Å². The van der Waals surface area contributed by atoms with Crippen molar-refractivity contribution in [2.24, 2.45) is 0 Å². The van der Waals surface area contributed by atoms with Crippen molar-refractivity contribution in [1.82, 2.24) is 14.9 Å². The third-order valence-electron chi connectivity index (χ3n) is 5.95. The lowest BCUT2D eigenvalue weighted by molar-refractivity contribution is -0.144. The first-order valence-corrected chi connectivity index (χ1v) is 10.00. The fourth-order valence-electron chi connectivity index (χ4n) is 4.44. The average molecular weight is 389 g/mol. The average Bonchev–Trinajstić information content (AvgIpc) is 3.33. The van der Waals surface area contributed by atoms with E-state index in [2.05, 4.69) is 20.9 Å². The van der Waals surface area contributed by atoms with E-state index in [-0.39, 0.29) is 5.92 Å². The second-order valence-corrected chi connectivity index (χ2v) is 7.86. The third kappa shape index (κ3) is 3.19. The first-order chi connectivity index (χ1) is 14.1. The molecule has 2 aromatic carbocycles. The fraction of sp³-hybridized carbons (Fsp3) is 0.304. The number of H-pyrrole nitrogens is 1. The van der Waals surface area contributed by atoms with Crippen LogP contribution in [0.1, 0.15) is 41.8 Å². The largest absolute Gasteiger partial charge is 0.480 e. The predicted molar refractivity (Wildman–Crippen MR) is 111 cm³/mol. The number of carbonyl (C=O) groups is 1. The monoisotopic (exact) mass is 389 g/mol. The van der Waals surface area contributed by atoms with Gasteiger partial charge in [-0.15, -0.1) is 0 Å². The van der Waals surface area contributed by atoms with E-state index in [0.29, 0.717) is 13.1 Å². The molecule has 1 unspecified atom stereocenters. The van der Waals surface area contributed by atoms with Gasteiger partial charge >= 0.3 is 5.97 Å². The molecule has 6 nitrogen and oxygen atoms in total. The number of hydrogen-bond acceptors (Lipinski definition) is 4. The highest BCUT2D eigenvalue weighted by Gasteiger charge is 2.34. The Bertz CT molecular complexity index is 1150. The summed E-state index contributed by atoms with van der Waals surface area (Å²) in [5.74, 6) is 0.173. The summed E-state index contributed by atoms with van der Waals surface area (Å²) in [6.45, 7) is 3.41. The van der Waals surface area contributed by atoms with Crippen LogP contribution in [0.3, 0.4) is 0 Å². The van der Waals surface area contributed by atoms with Gasteiger partial charge in [-0.2, -0.15) is 0 Å². The Morgan fingerprint density at radius 1 is 1.24 bits per heavy atom. The number of piperidine rings is 1. The fourth-order valence-corrected chi connectivity index (χ4v) is 4.44. The Hall–Kier alpha value is -3.12. The molecule has 0 saturated carbocycles. The number of benzene rings is 2. The van der Waals surface area contributed by atoms with E-state index in [4.69, 9.17) is 4.42 Å². The number of aromatic nitrogens is 2. The van der Waals surface area contributed by atoms with Crippen molar-refractivity contribution in [2.45, 2.75) is 31.7 Å². The van der Waals surface area contributed by atoms with Crippen LogP contribution in [-0.2, 0) is 4.79 Å². The Kier molecular flexibility index (Phi) is 4.36. The quantitative estimate of drug-likeness (QED) is 0.532. The first kappa shape index (κ1) is 17.9. The second-order valence-electron chi connectivity index (χ2n) is 7.86. The molecule has 6 heteroatoms. The predicted octanol–water partition coefficient (Wildman–Crippen LogP) is 4.62. The summed E-state index contributed by atoms with van der Waals surface area (Å²) in [6, 6.07) is 13.2. The number of carboxylic acids is 1. The van der Waals surface area contributed by atoms with Gasteiger partial charge < -0.3 is 14.5 Å². The summed E-state index contributed by atoms with van der Waals surface area (Å²) in [6.07, 6.45) is 3.51. The molecule has 5 rings (SSSR count). The summed E-state index contributed by atoms with van der Waals surface area (Å²) < 4.78 is 5.94. The second kappa shape index (κ2) is 7.04. The molecule has 2 aromatic heterocycles. The van der Waals surface area contributed by atoms with Gasteiger partial charge in [-0.05, 0) is 44.0 Å². The molecule has 0 spiro atoms. The number of carboxylic acid groups (broad SMARTS) is 1. The van der Waals surface area contributed by atoms with Crippen LogP contribution >= 0.6 is 0 Å². The highest BCUT2D eigenvalue weighted by Crippen LogP contribution is 2.35. The van der Waals surface area contributed by atoms with Crippen LogP contribution in [0.2, 0.25) is 0 Å². The van der Waals surface area contributed by atoms with E-state index in [1.165, 1.54) is 0 Å². The van der Waals surface area contributed by atoms with Gasteiger partial charge in [-0.25, -0.2) is 4.98 Å². The van der Waals surface area contributed by atoms with Gasteiger partial charge in [0.15, 0.2) is 11.5 Å². The first-order valence-electron chi connectivity index (χ1n) is 10.00. The molecule has 0 radical (unpaired) electrons. The van der Waals surface area contributed by atoms with E-state index >= 15 is 0 Å². The van der Waals surface area contributed by atoms with Crippen LogP contribution in [0, 0.1) is 6.92 Å². The highest BCUT2D eigenvalue weighted by atomic mass is 16.4. The number of nitrogens with zero attached hydrogens (tertiary/aromatic N) is 2. The molecule has 4 aromatic rings. The number of oxazole rings is 1. The Morgan fingerprint density at radius 2 is 2.03 bits per heavy atom. The van der Waals surface area contributed by atoms with E-state index in [9.17, 15) is 9.90 Å². The Morgan fingerprint density at radius 3 is 2.79 bits per heavy atom. The maximum atomic E-state index is 12.2. The van der Waals surface area contributed by atoms with Crippen LogP contribution in [0.4, 0.5) is 0 Å². The van der Waals surface area contributed by atoms with Gasteiger partial charge in [-0.3, -0.25) is 9.69 Å². The van der Waals surface area contributed by atoms with Crippen LogP contribution in [0.5, 0.6) is 0 Å². The lowest BCUT2D eigenvalue weighted by atomic mass is 9.94. The standard InChI is InChI=1S/C23H23N3O3/c1-14-6-7-18-16(12-14)17(13-24-18)21(23(27)28)26-10-8-15(9-11-26)22-25-19-4-2-3-5-20(19)29-22/h2-7,12-13,15,21,24H,8-11H2,1H3,(H,27,28). The maximum Gasteiger partial charge on any atom is 0.325 e. The minimum absolute atomic E-state index is 0.221. The van der Waals surface area contributed by atoms with Crippen LogP contribution < -0.4 is 0 Å². The lowest BCUT2D eigenvalue weighted by Crippen LogP contribution is -2.39. The molecule has 0 bridgehead atoms. The Labute approximate surface area is 168 Å². The zero-order chi connectivity index (χ0) is 20.0. The molecule has 2 N–H and O–H groups in total. The van der Waals surface area contributed by atoms with Crippen molar-refractivity contribution >= 4 is 28.0 Å². The number of para-hydroxylation sites is 2. The molecule has 29 heavy (non-hydrogen) atoms. The summed E-state index contributed by atoms with van der Waals surface area (Å²) >= 11 is 0. The van der Waals surface area contributed by atoms with Crippen molar-refractivity contribution in [3.63, 3.8) is 0 Å². The zero-order valence-electron chi connectivity index (χ0n) is 16.3. The molecule has 0 amide bonds. The number of rotatable bonds is 4. The van der Waals surface area contributed by atoms with Gasteiger partial charge in [-0.1, -0.05) is 23.8 Å². The molecule has 1 fully saturated rings. The molecule has 3 heterocycles. The third-order valence-corrected chi connectivity index (χ3v) is 5.95. The number of aromatic amines is 1. The molecule has 148 valence electrons. The summed E-state index contributed by atoms with van der Waals surface area (Å²) in [5.41, 5.74) is 4.61. The van der Waals surface area contributed by atoms with Crippen molar-refractivity contribution < 1.29 is 14.3 Å². The van der Waals surface area contributed by atoms with Gasteiger partial charge in [0.2, 0.25) is 0 Å². The molecule has 0 aliphatic carbocycles. The molecule has 1 aliphatic rings. The number of hydrogen-bond donors (Lipinski definition) is 2. The van der Waals surface area contributed by atoms with Crippen molar-refractivity contribution in [3.05, 3.63) is 65.7 Å². The van der Waals surface area contributed by atoms with Crippen LogP contribution in [0.15, 0.2) is 53.1 Å². The smallest absolute Gasteiger partial charge is 0.325 e.